The number of hydrogen-bond donors (Lipinski definition) is 15. The Kier molecular flexibility index (Phi) is 17.1. The summed E-state index contributed by atoms with van der Waals surface area (Å²) in [7, 11) is 1.17. The van der Waals surface area contributed by atoms with E-state index in [4.69, 9.17) is 47.4 Å². The molecule has 344 valence electrons. The normalized spacial score (nSPS) is 51.0. The van der Waals surface area contributed by atoms with E-state index in [-0.39, 0.29) is 0 Å². The topological polar surface area (TPSA) is 405 Å². The van der Waals surface area contributed by atoms with Crippen molar-refractivity contribution in [2.24, 2.45) is 0 Å². The number of ether oxygens (including phenoxy) is 10. The minimum Gasteiger partial charge on any atom is -0.394 e. The van der Waals surface area contributed by atoms with Gasteiger partial charge >= 0.3 is 0 Å². The molecule has 15 unspecified atom stereocenters. The van der Waals surface area contributed by atoms with Gasteiger partial charge in [-0.15, -0.1) is 0 Å². The van der Waals surface area contributed by atoms with Crippen molar-refractivity contribution in [2.45, 2.75) is 167 Å². The van der Waals surface area contributed by atoms with Crippen molar-refractivity contribution >= 4 is 5.91 Å². The molecule has 59 heavy (non-hydrogen) atoms. The van der Waals surface area contributed by atoms with Crippen LogP contribution in [-0.4, -0.2) is 264 Å². The first kappa shape index (κ1) is 48.5. The van der Waals surface area contributed by atoms with Crippen LogP contribution in [0.2, 0.25) is 0 Å². The molecule has 5 fully saturated rings. The Balaban J connectivity index is 1.44. The number of aliphatic hydroxyl groups is 14. The summed E-state index contributed by atoms with van der Waals surface area (Å²) in [6.07, 6.45) is -42.1. The Morgan fingerprint density at radius 2 is 0.898 bits per heavy atom. The SMILES string of the molecule is CO[C@@H]1OC(CO)[C@H](O[C@H]2OC(CO)[C@H](O)C(O[C@@H]3OC(CO)[C@H](O)C(O[C@@H]4OC(CO)[C@H](O)C(O)C4O[C@@H]4OC(C)[C@@H](O)C(O)C4O)C3NC(C)=O)C2O)C(O)C1O. The van der Waals surface area contributed by atoms with E-state index in [1.54, 1.807) is 0 Å². The molecule has 5 saturated heterocycles. The molecule has 5 aliphatic rings. The lowest BCUT2D eigenvalue weighted by atomic mass is 9.94. The van der Waals surface area contributed by atoms with Gasteiger partial charge in [0.25, 0.3) is 0 Å². The van der Waals surface area contributed by atoms with Crippen molar-refractivity contribution in [1.29, 1.82) is 0 Å². The van der Waals surface area contributed by atoms with Gasteiger partial charge in [-0.05, 0) is 6.92 Å². The van der Waals surface area contributed by atoms with E-state index in [1.165, 1.54) is 14.0 Å². The van der Waals surface area contributed by atoms with Gasteiger partial charge in [0.15, 0.2) is 31.5 Å². The standard InChI is InChI=1S/C33H57NO25/c1-8-15(40)19(44)22(47)31(51-8)59-28-20(45)16(41)10(4-35)54-33(28)57-26-14(34-9(2)39)29(52-11(5-36)17(26)42)58-27-18(43)12(6-37)53-32(24(27)49)56-25-13(7-38)55-30(50-3)23(48)21(25)46/h8,10-33,35-38,40-49H,4-7H2,1-3H3,(H,34,39)/t8?,10?,11?,12?,13?,14?,15-,16+,17+,18+,19?,20?,21?,22?,23?,24?,25+,26?,27?,28?,29+,30-,31+,32-,33+/m1/s1. The van der Waals surface area contributed by atoms with Crippen LogP contribution in [0, 0.1) is 0 Å². The Morgan fingerprint density at radius 3 is 1.47 bits per heavy atom. The van der Waals surface area contributed by atoms with Crippen molar-refractivity contribution < 1.29 is 124 Å². The molecule has 0 saturated carbocycles. The van der Waals surface area contributed by atoms with Crippen LogP contribution in [0.1, 0.15) is 13.8 Å². The van der Waals surface area contributed by atoms with Crippen LogP contribution >= 0.6 is 0 Å². The Bertz CT molecular complexity index is 1320. The number of carbonyl (C=O) groups excluding carboxylic acids is 1. The van der Waals surface area contributed by atoms with E-state index in [2.05, 4.69) is 5.32 Å². The smallest absolute Gasteiger partial charge is 0.217 e. The molecule has 0 radical (unpaired) electrons. The van der Waals surface area contributed by atoms with Crippen LogP contribution in [0.4, 0.5) is 0 Å². The molecule has 0 aromatic heterocycles. The highest BCUT2D eigenvalue weighted by atomic mass is 16.8. The molecule has 5 rings (SSSR count). The van der Waals surface area contributed by atoms with Crippen LogP contribution in [0.15, 0.2) is 0 Å². The van der Waals surface area contributed by atoms with Gasteiger partial charge in [-0.25, -0.2) is 0 Å². The summed E-state index contributed by atoms with van der Waals surface area (Å²) < 4.78 is 56.5. The number of aliphatic hydroxyl groups excluding tert-OH is 14. The predicted molar refractivity (Wildman–Crippen MR) is 181 cm³/mol. The molecule has 25 atom stereocenters. The summed E-state index contributed by atoms with van der Waals surface area (Å²) in [5.41, 5.74) is 0. The van der Waals surface area contributed by atoms with Crippen LogP contribution in [0.3, 0.4) is 0 Å². The molecule has 0 aromatic carbocycles. The molecule has 26 nitrogen and oxygen atoms in total. The van der Waals surface area contributed by atoms with Crippen molar-refractivity contribution in [1.82, 2.24) is 5.32 Å². The predicted octanol–water partition coefficient (Wildman–Crippen LogP) is -10.1. The zero-order valence-electron chi connectivity index (χ0n) is 32.0. The second-order valence-electron chi connectivity index (χ2n) is 14.9. The molecular formula is C33H57NO25. The zero-order valence-corrected chi connectivity index (χ0v) is 32.0. The van der Waals surface area contributed by atoms with Gasteiger partial charge in [-0.1, -0.05) is 0 Å². The van der Waals surface area contributed by atoms with E-state index in [0.717, 1.165) is 6.92 Å². The maximum atomic E-state index is 12.6. The summed E-state index contributed by atoms with van der Waals surface area (Å²) >= 11 is 0. The summed E-state index contributed by atoms with van der Waals surface area (Å²) in [5, 5.41) is 151. The lowest BCUT2D eigenvalue weighted by Gasteiger charge is -2.50. The van der Waals surface area contributed by atoms with Crippen LogP contribution in [-0.2, 0) is 52.2 Å². The number of nitrogens with one attached hydrogen (secondary N) is 1. The quantitative estimate of drug-likeness (QED) is 0.0771. The highest BCUT2D eigenvalue weighted by Gasteiger charge is 2.57. The molecule has 0 aliphatic carbocycles. The molecule has 5 aliphatic heterocycles. The third-order valence-electron chi connectivity index (χ3n) is 10.9. The maximum absolute atomic E-state index is 12.6. The third-order valence-corrected chi connectivity index (χ3v) is 10.9. The second-order valence-corrected chi connectivity index (χ2v) is 14.9. The minimum absolute atomic E-state index is 0.784. The number of amides is 1. The molecule has 26 heteroatoms. The summed E-state index contributed by atoms with van der Waals surface area (Å²) in [6.45, 7) is -1.20. The van der Waals surface area contributed by atoms with Gasteiger partial charge in [-0.3, -0.25) is 4.79 Å². The van der Waals surface area contributed by atoms with Gasteiger partial charge in [0.05, 0.1) is 32.5 Å². The van der Waals surface area contributed by atoms with E-state index in [9.17, 15) is 76.3 Å². The number of methoxy groups -OCH3 is 1. The van der Waals surface area contributed by atoms with Gasteiger partial charge in [0, 0.05) is 14.0 Å². The molecule has 5 heterocycles. The van der Waals surface area contributed by atoms with E-state index in [1.807, 2.05) is 0 Å². The fraction of sp³-hybridized carbons (Fsp3) is 0.970. The van der Waals surface area contributed by atoms with Crippen molar-refractivity contribution in [3.63, 3.8) is 0 Å². The summed E-state index contributed by atoms with van der Waals surface area (Å²) in [4.78, 5) is 12.6. The van der Waals surface area contributed by atoms with Gasteiger partial charge < -0.3 is 124 Å². The summed E-state index contributed by atoms with van der Waals surface area (Å²) in [5.74, 6) is -0.812. The molecule has 0 spiro atoms. The molecule has 0 aromatic rings. The Hall–Kier alpha value is -1.49. The van der Waals surface area contributed by atoms with E-state index >= 15 is 0 Å². The zero-order chi connectivity index (χ0) is 43.6. The molecule has 1 amide bonds. The van der Waals surface area contributed by atoms with Gasteiger partial charge in [-0.2, -0.15) is 0 Å². The first-order valence-corrected chi connectivity index (χ1v) is 18.9. The fourth-order valence-corrected chi connectivity index (χ4v) is 7.53. The van der Waals surface area contributed by atoms with Crippen molar-refractivity contribution in [3.05, 3.63) is 0 Å². The van der Waals surface area contributed by atoms with Crippen molar-refractivity contribution in [2.75, 3.05) is 33.5 Å². The van der Waals surface area contributed by atoms with Crippen LogP contribution in [0.5, 0.6) is 0 Å². The largest absolute Gasteiger partial charge is 0.394 e. The molecule has 15 N–H and O–H groups in total. The lowest BCUT2D eigenvalue weighted by molar-refractivity contribution is -0.390. The Labute approximate surface area is 335 Å². The van der Waals surface area contributed by atoms with Gasteiger partial charge in [0.1, 0.15) is 116 Å². The van der Waals surface area contributed by atoms with Gasteiger partial charge in [0.2, 0.25) is 5.91 Å². The third kappa shape index (κ3) is 10.2. The number of rotatable bonds is 14. The number of hydrogen-bond acceptors (Lipinski definition) is 25. The van der Waals surface area contributed by atoms with Crippen molar-refractivity contribution in [3.8, 4) is 0 Å². The van der Waals surface area contributed by atoms with Crippen LogP contribution in [0.25, 0.3) is 0 Å². The Morgan fingerprint density at radius 1 is 0.458 bits per heavy atom. The first-order valence-electron chi connectivity index (χ1n) is 18.9. The van der Waals surface area contributed by atoms with Crippen LogP contribution < -0.4 is 5.32 Å². The fourth-order valence-electron chi connectivity index (χ4n) is 7.53. The second kappa shape index (κ2) is 20.8. The minimum atomic E-state index is -2.07. The molecular weight excluding hydrogens is 810 g/mol. The van der Waals surface area contributed by atoms with E-state index in [0.29, 0.717) is 0 Å². The molecule has 0 bridgehead atoms. The maximum Gasteiger partial charge on any atom is 0.217 e. The summed E-state index contributed by atoms with van der Waals surface area (Å²) in [6, 6.07) is -1.71. The average molecular weight is 868 g/mol. The highest BCUT2D eigenvalue weighted by Crippen LogP contribution is 2.36. The lowest BCUT2D eigenvalue weighted by Crippen LogP contribution is -2.70. The average Bonchev–Trinajstić information content (AvgIpc) is 3.21. The first-order chi connectivity index (χ1) is 27.9. The monoisotopic (exact) mass is 867 g/mol. The van der Waals surface area contributed by atoms with E-state index < -0.39 is 186 Å². The number of carbonyl (C=O) groups is 1. The highest BCUT2D eigenvalue weighted by molar-refractivity contribution is 5.73.